The highest BCUT2D eigenvalue weighted by molar-refractivity contribution is 6.53. The molecule has 2 unspecified atom stereocenters. The van der Waals surface area contributed by atoms with Gasteiger partial charge in [0.05, 0.1) is 20.1 Å². The van der Waals surface area contributed by atoms with Crippen molar-refractivity contribution in [3.05, 3.63) is 20.1 Å². The predicted molar refractivity (Wildman–Crippen MR) is 135 cm³/mol. The first-order valence-corrected chi connectivity index (χ1v) is 12.8. The number of esters is 1. The van der Waals surface area contributed by atoms with Gasteiger partial charge in [0.25, 0.3) is 0 Å². The number of carboxylic acids is 1. The number of halogens is 5. The normalized spacial score (nSPS) is 20.9. The van der Waals surface area contributed by atoms with Gasteiger partial charge in [0.2, 0.25) is 0 Å². The lowest BCUT2D eigenvalue weighted by Gasteiger charge is -2.40. The molecule has 0 saturated carbocycles. The molecular weight excluding hydrogens is 552 g/mol. The van der Waals surface area contributed by atoms with Crippen LogP contribution in [0.1, 0.15) is 72.1 Å². The van der Waals surface area contributed by atoms with E-state index in [1.807, 2.05) is 0 Å². The van der Waals surface area contributed by atoms with E-state index in [1.54, 1.807) is 20.8 Å². The molecule has 0 aromatic heterocycles. The Balaban J connectivity index is 2.73. The van der Waals surface area contributed by atoms with Gasteiger partial charge in [0.15, 0.2) is 5.60 Å². The molecule has 0 spiro atoms. The van der Waals surface area contributed by atoms with Gasteiger partial charge in [-0.05, 0) is 46.5 Å². The average molecular weight is 582 g/mol. The van der Waals surface area contributed by atoms with Crippen molar-refractivity contribution < 1.29 is 29.0 Å². The zero-order valence-electron chi connectivity index (χ0n) is 19.3. The minimum Gasteiger partial charge on any atom is -0.481 e. The molecule has 12 heteroatoms. The fraction of sp³-hybridized carbons (Fsp3) is 0.682. The van der Waals surface area contributed by atoms with E-state index in [9.17, 15) is 14.4 Å². The van der Waals surface area contributed by atoms with E-state index in [0.29, 0.717) is 19.4 Å². The molecular formula is C22H30Cl5NO6. The molecule has 0 saturated heterocycles. The molecule has 34 heavy (non-hydrogen) atoms. The number of amides is 1. The maximum absolute atomic E-state index is 12.5. The highest BCUT2D eigenvalue weighted by Gasteiger charge is 2.50. The lowest BCUT2D eigenvalue weighted by atomic mass is 9.87. The molecule has 2 atom stereocenters. The van der Waals surface area contributed by atoms with Crippen molar-refractivity contribution in [1.82, 2.24) is 5.32 Å². The average Bonchev–Trinajstić information content (AvgIpc) is 2.72. The molecule has 1 amide bonds. The van der Waals surface area contributed by atoms with E-state index < -0.39 is 34.6 Å². The summed E-state index contributed by atoms with van der Waals surface area (Å²) in [7, 11) is 0. The van der Waals surface area contributed by atoms with Crippen LogP contribution in [0.3, 0.4) is 0 Å². The van der Waals surface area contributed by atoms with Gasteiger partial charge in [-0.15, -0.1) is 11.6 Å². The minimum atomic E-state index is -1.52. The van der Waals surface area contributed by atoms with Crippen LogP contribution in [0.5, 0.6) is 0 Å². The van der Waals surface area contributed by atoms with Crippen LogP contribution >= 0.6 is 58.0 Å². The molecule has 0 aromatic carbocycles. The molecule has 0 bridgehead atoms. The number of hydrogen-bond donors (Lipinski definition) is 2. The number of allylic oxidation sites excluding steroid dienone is 2. The summed E-state index contributed by atoms with van der Waals surface area (Å²) in [4.78, 5) is 34.9. The van der Waals surface area contributed by atoms with Gasteiger partial charge in [0.1, 0.15) is 11.0 Å². The van der Waals surface area contributed by atoms with Crippen LogP contribution in [0.2, 0.25) is 0 Å². The van der Waals surface area contributed by atoms with Crippen molar-refractivity contribution in [1.29, 1.82) is 0 Å². The number of alkyl carbamates (subject to hydrolysis) is 1. The summed E-state index contributed by atoms with van der Waals surface area (Å²) in [5.74, 6) is -1.69. The quantitative estimate of drug-likeness (QED) is 0.146. The number of hydrogen-bond acceptors (Lipinski definition) is 5. The second-order valence-electron chi connectivity index (χ2n) is 8.86. The zero-order chi connectivity index (χ0) is 26.1. The molecule has 0 aromatic rings. The maximum atomic E-state index is 12.5. The molecule has 7 nitrogen and oxygen atoms in total. The molecule has 194 valence electrons. The molecule has 1 aliphatic carbocycles. The Hall–Kier alpha value is -0.860. The van der Waals surface area contributed by atoms with Crippen molar-refractivity contribution in [2.45, 2.75) is 88.7 Å². The van der Waals surface area contributed by atoms with Gasteiger partial charge in [-0.2, -0.15) is 0 Å². The van der Waals surface area contributed by atoms with Crippen LogP contribution in [0.4, 0.5) is 4.79 Å². The van der Waals surface area contributed by atoms with E-state index in [-0.39, 0.29) is 45.8 Å². The zero-order valence-corrected chi connectivity index (χ0v) is 23.1. The first kappa shape index (κ1) is 31.2. The van der Waals surface area contributed by atoms with E-state index in [2.05, 4.69) is 5.32 Å². The molecule has 0 aliphatic heterocycles. The summed E-state index contributed by atoms with van der Waals surface area (Å²) < 4.78 is 10.9. The van der Waals surface area contributed by atoms with Gasteiger partial charge in [0, 0.05) is 19.4 Å². The lowest BCUT2D eigenvalue weighted by Crippen LogP contribution is -2.47. The Labute approximate surface area is 225 Å². The Morgan fingerprint density at radius 2 is 1.59 bits per heavy atom. The van der Waals surface area contributed by atoms with Gasteiger partial charge >= 0.3 is 18.0 Å². The van der Waals surface area contributed by atoms with E-state index in [1.165, 1.54) is 0 Å². The molecule has 1 rings (SSSR count). The first-order chi connectivity index (χ1) is 15.7. The lowest BCUT2D eigenvalue weighted by molar-refractivity contribution is -0.156. The number of carboxylic acid groups (broad SMARTS) is 1. The number of carbonyl (C=O) groups excluding carboxylic acids is 2. The molecule has 0 radical (unpaired) electrons. The highest BCUT2D eigenvalue weighted by Crippen LogP contribution is 2.50. The smallest absolute Gasteiger partial charge is 0.407 e. The SMILES string of the molecule is CC(C)(C)OC(=O)NCCCCCCC1(OC(=O)CCCC(=O)O)C(Cl)=C(Cl)C(Cl)=C(Cl)C1Cl. The third-order valence-corrected chi connectivity index (χ3v) is 7.47. The summed E-state index contributed by atoms with van der Waals surface area (Å²) in [5.41, 5.74) is -2.08. The van der Waals surface area contributed by atoms with Gasteiger partial charge in [-0.3, -0.25) is 9.59 Å². The molecule has 0 fully saturated rings. The van der Waals surface area contributed by atoms with Crippen LogP contribution in [-0.4, -0.2) is 46.3 Å². The number of alkyl halides is 1. The number of rotatable bonds is 12. The van der Waals surface area contributed by atoms with Crippen molar-refractivity contribution in [2.75, 3.05) is 6.54 Å². The standard InChI is InChI=1S/C22H30Cl5NO6/c1-21(2,3)34-20(32)28-12-7-5-4-6-11-22(33-14(31)10-8-9-13(29)30)18(26)16(24)15(23)17(25)19(22)27/h18H,4-12H2,1-3H3,(H,28,32)(H,29,30). The van der Waals surface area contributed by atoms with Crippen LogP contribution in [0.15, 0.2) is 20.1 Å². The van der Waals surface area contributed by atoms with Crippen molar-refractivity contribution in [2.24, 2.45) is 0 Å². The van der Waals surface area contributed by atoms with Crippen LogP contribution in [0.25, 0.3) is 0 Å². The molecule has 0 heterocycles. The van der Waals surface area contributed by atoms with Crippen molar-refractivity contribution >= 4 is 76.0 Å². The Morgan fingerprint density at radius 1 is 0.971 bits per heavy atom. The Bertz CT molecular complexity index is 823. The molecule has 1 aliphatic rings. The van der Waals surface area contributed by atoms with Crippen molar-refractivity contribution in [3.8, 4) is 0 Å². The van der Waals surface area contributed by atoms with Crippen LogP contribution in [-0.2, 0) is 19.1 Å². The fourth-order valence-electron chi connectivity index (χ4n) is 3.21. The van der Waals surface area contributed by atoms with Gasteiger partial charge in [-0.1, -0.05) is 59.2 Å². The van der Waals surface area contributed by atoms with Crippen LogP contribution in [0, 0.1) is 0 Å². The Morgan fingerprint density at radius 3 is 2.18 bits per heavy atom. The van der Waals surface area contributed by atoms with E-state index in [0.717, 1.165) is 12.8 Å². The topological polar surface area (TPSA) is 102 Å². The van der Waals surface area contributed by atoms with E-state index >= 15 is 0 Å². The monoisotopic (exact) mass is 579 g/mol. The summed E-state index contributed by atoms with van der Waals surface area (Å²) in [5, 5.41) is 10.3. The predicted octanol–water partition coefficient (Wildman–Crippen LogP) is 7.00. The van der Waals surface area contributed by atoms with Crippen LogP contribution < -0.4 is 5.32 Å². The Kier molecular flexibility index (Phi) is 12.9. The number of unbranched alkanes of at least 4 members (excludes halogenated alkanes) is 3. The van der Waals surface area contributed by atoms with E-state index in [4.69, 9.17) is 72.6 Å². The summed E-state index contributed by atoms with van der Waals surface area (Å²) in [6.45, 7) is 5.82. The second kappa shape index (κ2) is 14.0. The number of nitrogens with one attached hydrogen (secondary N) is 1. The first-order valence-electron chi connectivity index (χ1n) is 10.9. The summed E-state index contributed by atoms with van der Waals surface area (Å²) in [6, 6.07) is 0. The molecule has 2 N–H and O–H groups in total. The van der Waals surface area contributed by atoms with Crippen molar-refractivity contribution in [3.63, 3.8) is 0 Å². The minimum absolute atomic E-state index is 0.0117. The second-order valence-corrected chi connectivity index (χ2v) is 10.8. The third kappa shape index (κ3) is 9.65. The van der Waals surface area contributed by atoms with Gasteiger partial charge < -0.3 is 19.9 Å². The largest absolute Gasteiger partial charge is 0.481 e. The maximum Gasteiger partial charge on any atom is 0.407 e. The number of aliphatic carboxylic acids is 1. The number of carbonyl (C=O) groups is 3. The fourth-order valence-corrected chi connectivity index (χ4v) is 4.86. The summed E-state index contributed by atoms with van der Waals surface area (Å²) >= 11 is 31.6. The van der Waals surface area contributed by atoms with Gasteiger partial charge in [-0.25, -0.2) is 4.79 Å². The number of ether oxygens (including phenoxy) is 2. The summed E-state index contributed by atoms with van der Waals surface area (Å²) in [6.07, 6.45) is 2.29. The third-order valence-electron chi connectivity index (χ3n) is 4.81. The highest BCUT2D eigenvalue weighted by atomic mass is 35.5.